The van der Waals surface area contributed by atoms with Crippen LogP contribution in [0.4, 0.5) is 0 Å². The van der Waals surface area contributed by atoms with Crippen LogP contribution in [0.25, 0.3) is 0 Å². The zero-order valence-electron chi connectivity index (χ0n) is 17.3. The molecule has 1 atom stereocenters. The molecule has 1 fully saturated rings. The number of para-hydroxylation sites is 1. The van der Waals surface area contributed by atoms with E-state index in [9.17, 15) is 0 Å². The van der Waals surface area contributed by atoms with E-state index in [2.05, 4.69) is 57.9 Å². The van der Waals surface area contributed by atoms with Gasteiger partial charge in [-0.2, -0.15) is 0 Å². The van der Waals surface area contributed by atoms with Crippen LogP contribution in [0.1, 0.15) is 54.8 Å². The second-order valence-electron chi connectivity index (χ2n) is 7.98. The summed E-state index contributed by atoms with van der Waals surface area (Å²) < 4.78 is 6.47. The summed E-state index contributed by atoms with van der Waals surface area (Å²) in [6.07, 6.45) is 10.5. The van der Waals surface area contributed by atoms with Crippen molar-refractivity contribution in [3.63, 3.8) is 0 Å². The van der Waals surface area contributed by atoms with E-state index < -0.39 is 0 Å². The number of aryl methyl sites for hydroxylation is 1. The number of nitrogens with one attached hydrogen (secondary N) is 2. The summed E-state index contributed by atoms with van der Waals surface area (Å²) in [5.74, 6) is 1.87. The van der Waals surface area contributed by atoms with E-state index in [1.165, 1.54) is 29.5 Å². The molecule has 1 aliphatic carbocycles. The number of benzene rings is 1. The second kappa shape index (κ2) is 9.78. The molecule has 0 saturated heterocycles. The third kappa shape index (κ3) is 5.02. The van der Waals surface area contributed by atoms with E-state index >= 15 is 0 Å². The fraction of sp³-hybridized carbons (Fsp3) is 0.478. The largest absolute Gasteiger partial charge is 0.487 e. The van der Waals surface area contributed by atoms with Crippen LogP contribution < -0.4 is 15.4 Å². The van der Waals surface area contributed by atoms with E-state index in [-0.39, 0.29) is 35.6 Å². The van der Waals surface area contributed by atoms with E-state index in [4.69, 9.17) is 4.74 Å². The second-order valence-corrected chi connectivity index (χ2v) is 7.98. The van der Waals surface area contributed by atoms with E-state index in [1.807, 2.05) is 19.4 Å². The third-order valence-corrected chi connectivity index (χ3v) is 6.07. The molecule has 29 heavy (non-hydrogen) atoms. The minimum absolute atomic E-state index is 0. The number of pyridine rings is 1. The Morgan fingerprint density at radius 1 is 1.24 bits per heavy atom. The molecule has 0 radical (unpaired) electrons. The molecular formula is C23H31IN4O. The van der Waals surface area contributed by atoms with Crippen molar-refractivity contribution in [3.05, 3.63) is 59.4 Å². The fourth-order valence-electron chi connectivity index (χ4n) is 4.53. The van der Waals surface area contributed by atoms with Crippen LogP contribution in [-0.4, -0.2) is 30.1 Å². The number of rotatable bonds is 4. The van der Waals surface area contributed by atoms with Gasteiger partial charge in [-0.05, 0) is 62.3 Å². The van der Waals surface area contributed by atoms with Crippen LogP contribution in [0.3, 0.4) is 0 Å². The first-order chi connectivity index (χ1) is 13.7. The summed E-state index contributed by atoms with van der Waals surface area (Å²) in [6, 6.07) is 10.7. The van der Waals surface area contributed by atoms with Gasteiger partial charge in [0.15, 0.2) is 5.96 Å². The van der Waals surface area contributed by atoms with Gasteiger partial charge in [0.2, 0.25) is 0 Å². The highest BCUT2D eigenvalue weighted by molar-refractivity contribution is 14.0. The number of ether oxygens (including phenoxy) is 1. The monoisotopic (exact) mass is 506 g/mol. The number of fused-ring (bicyclic) bond motifs is 1. The first-order valence-electron chi connectivity index (χ1n) is 10.3. The summed E-state index contributed by atoms with van der Waals surface area (Å²) in [4.78, 5) is 8.63. The lowest BCUT2D eigenvalue weighted by Gasteiger charge is -2.40. The summed E-state index contributed by atoms with van der Waals surface area (Å²) in [5.41, 5.74) is 3.76. The predicted molar refractivity (Wildman–Crippen MR) is 128 cm³/mol. The van der Waals surface area contributed by atoms with Gasteiger partial charge in [0.25, 0.3) is 0 Å². The molecular weight excluding hydrogens is 475 g/mol. The number of hydrogen-bond acceptors (Lipinski definition) is 3. The van der Waals surface area contributed by atoms with E-state index in [0.29, 0.717) is 0 Å². The summed E-state index contributed by atoms with van der Waals surface area (Å²) in [5, 5.41) is 7.14. The Kier molecular flexibility index (Phi) is 7.38. The van der Waals surface area contributed by atoms with E-state index in [0.717, 1.165) is 43.9 Å². The highest BCUT2D eigenvalue weighted by atomic mass is 127. The average molecular weight is 506 g/mol. The van der Waals surface area contributed by atoms with Crippen molar-refractivity contribution in [1.29, 1.82) is 0 Å². The Labute approximate surface area is 190 Å². The van der Waals surface area contributed by atoms with Crippen LogP contribution in [0, 0.1) is 6.92 Å². The number of guanidine groups is 1. The molecule has 0 amide bonds. The molecule has 2 heterocycles. The maximum Gasteiger partial charge on any atom is 0.191 e. The highest BCUT2D eigenvalue weighted by Gasteiger charge is 2.43. The fourth-order valence-corrected chi connectivity index (χ4v) is 4.53. The zero-order chi connectivity index (χ0) is 19.4. The summed E-state index contributed by atoms with van der Waals surface area (Å²) in [6.45, 7) is 2.94. The molecule has 1 saturated carbocycles. The average Bonchev–Trinajstić information content (AvgIpc) is 3.15. The van der Waals surface area contributed by atoms with Crippen molar-refractivity contribution >= 4 is 29.9 Å². The normalized spacial score (nSPS) is 19.8. The van der Waals surface area contributed by atoms with Crippen LogP contribution in [0.2, 0.25) is 0 Å². The quantitative estimate of drug-likeness (QED) is 0.363. The molecule has 156 valence electrons. The van der Waals surface area contributed by atoms with Gasteiger partial charge in [0, 0.05) is 38.0 Å². The lowest BCUT2D eigenvalue weighted by Crippen LogP contribution is -2.47. The number of aliphatic imine (C=N–C) groups is 1. The van der Waals surface area contributed by atoms with Crippen LogP contribution in [0.5, 0.6) is 5.75 Å². The van der Waals surface area contributed by atoms with Gasteiger partial charge in [-0.3, -0.25) is 9.98 Å². The van der Waals surface area contributed by atoms with Crippen LogP contribution in [0.15, 0.2) is 47.7 Å². The first kappa shape index (κ1) is 21.9. The van der Waals surface area contributed by atoms with Crippen molar-refractivity contribution in [2.45, 2.75) is 57.1 Å². The smallest absolute Gasteiger partial charge is 0.191 e. The molecule has 1 spiro atoms. The van der Waals surface area contributed by atoms with Gasteiger partial charge < -0.3 is 15.4 Å². The number of hydrogen-bond donors (Lipinski definition) is 2. The summed E-state index contributed by atoms with van der Waals surface area (Å²) >= 11 is 0. The number of aromatic nitrogens is 1. The van der Waals surface area contributed by atoms with Gasteiger partial charge in [0.1, 0.15) is 11.4 Å². The van der Waals surface area contributed by atoms with Crippen molar-refractivity contribution < 1.29 is 4.74 Å². The van der Waals surface area contributed by atoms with Gasteiger partial charge >= 0.3 is 0 Å². The Morgan fingerprint density at radius 2 is 2.03 bits per heavy atom. The van der Waals surface area contributed by atoms with Gasteiger partial charge in [-0.25, -0.2) is 0 Å². The molecule has 2 aliphatic rings. The van der Waals surface area contributed by atoms with Crippen molar-refractivity contribution in [1.82, 2.24) is 15.6 Å². The maximum absolute atomic E-state index is 6.47. The topological polar surface area (TPSA) is 58.5 Å². The molecule has 4 rings (SSSR count). The SMILES string of the molecule is CN=C(NCCc1ccncc1C)NC1CC2(CCCC2)Oc2ccccc21.I. The molecule has 1 aromatic heterocycles. The highest BCUT2D eigenvalue weighted by Crippen LogP contribution is 2.46. The molecule has 2 aromatic rings. The maximum atomic E-state index is 6.47. The standard InChI is InChI=1S/C23H30N4O.HI/c1-17-16-25-13-9-18(17)10-14-26-22(24-2)27-20-15-23(11-5-6-12-23)28-21-8-4-3-7-19(20)21;/h3-4,7-9,13,16,20H,5-6,10-12,14-15H2,1-2H3,(H2,24,26,27);1H. The Balaban J connectivity index is 0.00000240. The lowest BCUT2D eigenvalue weighted by atomic mass is 9.86. The Hall–Kier alpha value is -1.83. The molecule has 1 aromatic carbocycles. The molecule has 5 nitrogen and oxygen atoms in total. The van der Waals surface area contributed by atoms with Crippen molar-refractivity contribution in [2.24, 2.45) is 4.99 Å². The predicted octanol–water partition coefficient (Wildman–Crippen LogP) is 4.55. The Morgan fingerprint density at radius 3 is 2.79 bits per heavy atom. The Bertz CT molecular complexity index is 848. The van der Waals surface area contributed by atoms with E-state index in [1.54, 1.807) is 0 Å². The third-order valence-electron chi connectivity index (χ3n) is 6.07. The summed E-state index contributed by atoms with van der Waals surface area (Å²) in [7, 11) is 1.84. The molecule has 0 bridgehead atoms. The zero-order valence-corrected chi connectivity index (χ0v) is 19.6. The van der Waals surface area contributed by atoms with Crippen molar-refractivity contribution in [2.75, 3.05) is 13.6 Å². The molecule has 2 N–H and O–H groups in total. The van der Waals surface area contributed by atoms with Gasteiger partial charge in [-0.1, -0.05) is 18.2 Å². The first-order valence-corrected chi connectivity index (χ1v) is 10.3. The minimum atomic E-state index is -0.0149. The molecule has 6 heteroatoms. The number of nitrogens with zero attached hydrogens (tertiary/aromatic N) is 2. The molecule has 1 aliphatic heterocycles. The van der Waals surface area contributed by atoms with Gasteiger partial charge in [0.05, 0.1) is 6.04 Å². The molecule has 1 unspecified atom stereocenters. The minimum Gasteiger partial charge on any atom is -0.487 e. The van der Waals surface area contributed by atoms with Crippen molar-refractivity contribution in [3.8, 4) is 5.75 Å². The lowest BCUT2D eigenvalue weighted by molar-refractivity contribution is 0.0396. The van der Waals surface area contributed by atoms with Crippen LogP contribution >= 0.6 is 24.0 Å². The van der Waals surface area contributed by atoms with Crippen LogP contribution in [-0.2, 0) is 6.42 Å². The van der Waals surface area contributed by atoms with Gasteiger partial charge in [-0.15, -0.1) is 24.0 Å². The number of halogens is 1.